The molecule has 34 heavy (non-hydrogen) atoms. The molecule has 4 aromatic rings. The number of morpholine rings is 1. The topological polar surface area (TPSA) is 88.1 Å². The number of fused-ring (bicyclic) bond motifs is 2. The minimum absolute atomic E-state index is 0.0751. The molecule has 1 aliphatic rings. The molecule has 5 rings (SSSR count). The van der Waals surface area contributed by atoms with Gasteiger partial charge in [-0.25, -0.2) is 13.8 Å². The van der Waals surface area contributed by atoms with Crippen LogP contribution in [0, 0.1) is 0 Å². The van der Waals surface area contributed by atoms with Crippen LogP contribution in [0.1, 0.15) is 15.9 Å². The summed E-state index contributed by atoms with van der Waals surface area (Å²) in [7, 11) is -3.70. The maximum absolute atomic E-state index is 12.9. The monoisotopic (exact) mass is 473 g/mol. The summed E-state index contributed by atoms with van der Waals surface area (Å²) in [6.45, 7) is 1.30. The van der Waals surface area contributed by atoms with Crippen molar-refractivity contribution in [3.63, 3.8) is 0 Å². The summed E-state index contributed by atoms with van der Waals surface area (Å²) in [5, 5.41) is 8.41. The van der Waals surface area contributed by atoms with Gasteiger partial charge in [0.2, 0.25) is 10.0 Å². The molecule has 0 bridgehead atoms. The zero-order chi connectivity index (χ0) is 23.5. The number of rotatable bonds is 5. The molecule has 1 amide bonds. The fourth-order valence-electron chi connectivity index (χ4n) is 4.14. The molecule has 172 valence electrons. The van der Waals surface area contributed by atoms with Gasteiger partial charge < -0.3 is 4.74 Å². The first-order chi connectivity index (χ1) is 16.5. The average molecular weight is 474 g/mol. The number of sulfonamides is 1. The molecule has 1 heterocycles. The zero-order valence-electron chi connectivity index (χ0n) is 18.3. The summed E-state index contributed by atoms with van der Waals surface area (Å²) in [4.78, 5) is 12.8. The van der Waals surface area contributed by atoms with E-state index in [0.717, 1.165) is 27.1 Å². The van der Waals surface area contributed by atoms with Gasteiger partial charge in [-0.3, -0.25) is 4.79 Å². The number of nitrogens with one attached hydrogen (secondary N) is 1. The molecule has 1 aliphatic heterocycles. The Hall–Kier alpha value is -3.59. The van der Waals surface area contributed by atoms with Crippen molar-refractivity contribution in [2.75, 3.05) is 26.3 Å². The quantitative estimate of drug-likeness (QED) is 0.271. The first-order valence-corrected chi connectivity index (χ1v) is 12.4. The lowest BCUT2D eigenvalue weighted by atomic mass is 9.97. The number of hydrogen-bond donors (Lipinski definition) is 1. The Labute approximate surface area is 197 Å². The summed E-state index contributed by atoms with van der Waals surface area (Å²) in [6.07, 6.45) is 1.64. The largest absolute Gasteiger partial charge is 0.379 e. The molecular formula is C26H23N3O4S. The van der Waals surface area contributed by atoms with E-state index >= 15 is 0 Å². The van der Waals surface area contributed by atoms with Crippen LogP contribution in [0.3, 0.4) is 0 Å². The molecule has 7 nitrogen and oxygen atoms in total. The van der Waals surface area contributed by atoms with Crippen LogP contribution < -0.4 is 5.43 Å². The van der Waals surface area contributed by atoms with Crippen molar-refractivity contribution in [1.82, 2.24) is 9.73 Å². The Bertz CT molecular complexity index is 1460. The van der Waals surface area contributed by atoms with Gasteiger partial charge in [-0.05, 0) is 45.8 Å². The van der Waals surface area contributed by atoms with E-state index in [-0.39, 0.29) is 10.5 Å². The molecule has 0 aromatic heterocycles. The van der Waals surface area contributed by atoms with Crippen molar-refractivity contribution < 1.29 is 17.9 Å². The summed E-state index contributed by atoms with van der Waals surface area (Å²) in [5.41, 5.74) is 3.65. The number of carbonyl (C=O) groups is 1. The van der Waals surface area contributed by atoms with E-state index < -0.39 is 15.9 Å². The smallest absolute Gasteiger partial charge is 0.271 e. The molecule has 0 unspecified atom stereocenters. The Morgan fingerprint density at radius 2 is 1.53 bits per heavy atom. The molecule has 0 atom stereocenters. The maximum Gasteiger partial charge on any atom is 0.271 e. The number of nitrogens with zero attached hydrogens (tertiary/aromatic N) is 2. The molecule has 8 heteroatoms. The zero-order valence-corrected chi connectivity index (χ0v) is 19.2. The molecule has 0 aliphatic carbocycles. The number of amides is 1. The third-order valence-electron chi connectivity index (χ3n) is 5.88. The van der Waals surface area contributed by atoms with Crippen LogP contribution in [-0.2, 0) is 14.8 Å². The SMILES string of the molecule is O=C(N/N=C\c1c2ccccc2cc2ccccc12)c1cccc(S(=O)(=O)N2CCOCC2)c1. The molecule has 1 saturated heterocycles. The van der Waals surface area contributed by atoms with Crippen molar-refractivity contribution in [2.24, 2.45) is 5.10 Å². The third-order valence-corrected chi connectivity index (χ3v) is 7.77. The summed E-state index contributed by atoms with van der Waals surface area (Å²) in [5.74, 6) is -0.486. The number of hydrazone groups is 1. The molecule has 1 N–H and O–H groups in total. The van der Waals surface area contributed by atoms with Gasteiger partial charge in [-0.2, -0.15) is 9.41 Å². The van der Waals surface area contributed by atoms with Gasteiger partial charge in [0.15, 0.2) is 0 Å². The fourth-order valence-corrected chi connectivity index (χ4v) is 5.60. The fraction of sp³-hybridized carbons (Fsp3) is 0.154. The Morgan fingerprint density at radius 1 is 0.882 bits per heavy atom. The first-order valence-electron chi connectivity index (χ1n) is 11.0. The highest BCUT2D eigenvalue weighted by atomic mass is 32.2. The summed E-state index contributed by atoms with van der Waals surface area (Å²) in [6, 6.07) is 24.1. The normalized spacial score (nSPS) is 15.2. The van der Waals surface area contributed by atoms with Crippen LogP contribution in [0.15, 0.2) is 88.9 Å². The molecule has 0 spiro atoms. The summed E-state index contributed by atoms with van der Waals surface area (Å²) >= 11 is 0. The molecule has 0 radical (unpaired) electrons. The highest BCUT2D eigenvalue weighted by molar-refractivity contribution is 7.89. The lowest BCUT2D eigenvalue weighted by molar-refractivity contribution is 0.0730. The first kappa shape index (κ1) is 22.2. The van der Waals surface area contributed by atoms with Crippen LogP contribution >= 0.6 is 0 Å². The molecule has 4 aromatic carbocycles. The maximum atomic E-state index is 12.9. The average Bonchev–Trinajstić information content (AvgIpc) is 2.88. The van der Waals surface area contributed by atoms with Crippen LogP contribution in [-0.4, -0.2) is 51.1 Å². The van der Waals surface area contributed by atoms with Crippen LogP contribution in [0.5, 0.6) is 0 Å². The molecule has 1 fully saturated rings. The van der Waals surface area contributed by atoms with Gasteiger partial charge in [-0.1, -0.05) is 54.6 Å². The molecular weight excluding hydrogens is 450 g/mol. The Morgan fingerprint density at radius 3 is 2.21 bits per heavy atom. The van der Waals surface area contributed by atoms with E-state index in [9.17, 15) is 13.2 Å². The van der Waals surface area contributed by atoms with Crippen LogP contribution in [0.2, 0.25) is 0 Å². The lowest BCUT2D eigenvalue weighted by Gasteiger charge is -2.26. The van der Waals surface area contributed by atoms with E-state index in [4.69, 9.17) is 4.74 Å². The highest BCUT2D eigenvalue weighted by Crippen LogP contribution is 2.27. The van der Waals surface area contributed by atoms with Crippen LogP contribution in [0.4, 0.5) is 0 Å². The van der Waals surface area contributed by atoms with E-state index in [2.05, 4.69) is 16.6 Å². The van der Waals surface area contributed by atoms with Gasteiger partial charge in [0.05, 0.1) is 24.3 Å². The minimum Gasteiger partial charge on any atom is -0.379 e. The number of carbonyl (C=O) groups excluding carboxylic acids is 1. The predicted molar refractivity (Wildman–Crippen MR) is 133 cm³/mol. The van der Waals surface area contributed by atoms with Gasteiger partial charge in [0.25, 0.3) is 5.91 Å². The van der Waals surface area contributed by atoms with Gasteiger partial charge in [0.1, 0.15) is 0 Å². The van der Waals surface area contributed by atoms with Crippen molar-refractivity contribution in [3.05, 3.63) is 90.0 Å². The predicted octanol–water partition coefficient (Wildman–Crippen LogP) is 3.78. The molecule has 0 saturated carbocycles. The second kappa shape index (κ2) is 9.34. The standard InChI is InChI=1S/C26H23N3O4S/c30-26(21-8-5-9-22(17-21)34(31,32)29-12-14-33-15-13-29)28-27-18-25-23-10-3-1-6-19(23)16-20-7-2-4-11-24(20)25/h1-11,16-18H,12-15H2,(H,28,30)/b27-18-. The van der Waals surface area contributed by atoms with E-state index in [1.807, 2.05) is 48.5 Å². The third kappa shape index (κ3) is 4.31. The van der Waals surface area contributed by atoms with Crippen molar-refractivity contribution in [1.29, 1.82) is 0 Å². The van der Waals surface area contributed by atoms with Gasteiger partial charge in [-0.15, -0.1) is 0 Å². The van der Waals surface area contributed by atoms with Gasteiger partial charge in [0, 0.05) is 24.2 Å². The van der Waals surface area contributed by atoms with Gasteiger partial charge >= 0.3 is 0 Å². The minimum atomic E-state index is -3.70. The highest BCUT2D eigenvalue weighted by Gasteiger charge is 2.26. The summed E-state index contributed by atoms with van der Waals surface area (Å²) < 4.78 is 32.5. The Balaban J connectivity index is 1.40. The number of ether oxygens (including phenoxy) is 1. The van der Waals surface area contributed by atoms with E-state index in [1.54, 1.807) is 18.3 Å². The van der Waals surface area contributed by atoms with Crippen molar-refractivity contribution in [2.45, 2.75) is 4.90 Å². The van der Waals surface area contributed by atoms with E-state index in [1.165, 1.54) is 16.4 Å². The van der Waals surface area contributed by atoms with Crippen molar-refractivity contribution >= 4 is 43.7 Å². The second-order valence-corrected chi connectivity index (χ2v) is 9.91. The van der Waals surface area contributed by atoms with Crippen molar-refractivity contribution in [3.8, 4) is 0 Å². The Kier molecular flexibility index (Phi) is 6.10. The lowest BCUT2D eigenvalue weighted by Crippen LogP contribution is -2.40. The van der Waals surface area contributed by atoms with Crippen LogP contribution in [0.25, 0.3) is 21.5 Å². The number of benzene rings is 4. The van der Waals surface area contributed by atoms with E-state index in [0.29, 0.717) is 26.3 Å². The number of hydrogen-bond acceptors (Lipinski definition) is 5. The second-order valence-electron chi connectivity index (χ2n) is 7.98.